The van der Waals surface area contributed by atoms with Crippen LogP contribution in [0.1, 0.15) is 16.1 Å². The Morgan fingerprint density at radius 2 is 1.85 bits per heavy atom. The van der Waals surface area contributed by atoms with E-state index in [-0.39, 0.29) is 12.1 Å². The number of amides is 1. The molecule has 130 valence electrons. The van der Waals surface area contributed by atoms with Crippen molar-refractivity contribution < 1.29 is 18.0 Å². The molecule has 0 aliphatic heterocycles. The average Bonchev–Trinajstić information content (AvgIpc) is 3.25. The van der Waals surface area contributed by atoms with Gasteiger partial charge in [0.05, 0.1) is 16.8 Å². The van der Waals surface area contributed by atoms with Crippen LogP contribution in [-0.4, -0.2) is 10.9 Å². The fraction of sp³-hybridized carbons (Fsp3) is 0.0526. The molecule has 0 fully saturated rings. The highest BCUT2D eigenvalue weighted by molar-refractivity contribution is 7.21. The van der Waals surface area contributed by atoms with Gasteiger partial charge in [0, 0.05) is 11.6 Å². The first-order chi connectivity index (χ1) is 12.6. The van der Waals surface area contributed by atoms with Gasteiger partial charge in [-0.25, -0.2) is 13.8 Å². The molecule has 0 bridgehead atoms. The summed E-state index contributed by atoms with van der Waals surface area (Å²) in [5.41, 5.74) is 0.812. The summed E-state index contributed by atoms with van der Waals surface area (Å²) in [5.74, 6) is -1.06. The number of thiazole rings is 1. The summed E-state index contributed by atoms with van der Waals surface area (Å²) < 4.78 is 33.1. The molecule has 4 aromatic rings. The standard InChI is InChI=1S/C19H12F2N2O2S/c20-12-7-11(8-13(21)9-12)18(24)22-10-14-5-6-16(25-14)19-23-15-3-1-2-4-17(15)26-19/h1-9H,10H2,(H,22,24). The molecule has 0 atom stereocenters. The first-order valence-electron chi connectivity index (χ1n) is 7.77. The molecule has 4 rings (SSSR count). The highest BCUT2D eigenvalue weighted by Gasteiger charge is 2.13. The molecule has 0 aliphatic carbocycles. The van der Waals surface area contributed by atoms with E-state index in [1.54, 1.807) is 12.1 Å². The monoisotopic (exact) mass is 370 g/mol. The first-order valence-corrected chi connectivity index (χ1v) is 8.59. The van der Waals surface area contributed by atoms with Crippen LogP contribution in [0.4, 0.5) is 8.78 Å². The molecule has 7 heteroatoms. The van der Waals surface area contributed by atoms with E-state index in [2.05, 4.69) is 10.3 Å². The van der Waals surface area contributed by atoms with E-state index >= 15 is 0 Å². The summed E-state index contributed by atoms with van der Waals surface area (Å²) in [6.45, 7) is 0.0991. The van der Waals surface area contributed by atoms with E-state index in [0.717, 1.165) is 27.4 Å². The fourth-order valence-electron chi connectivity index (χ4n) is 2.52. The Labute approximate surface area is 151 Å². The number of furan rings is 1. The van der Waals surface area contributed by atoms with Gasteiger partial charge in [-0.1, -0.05) is 12.1 Å². The van der Waals surface area contributed by atoms with Gasteiger partial charge in [-0.2, -0.15) is 0 Å². The van der Waals surface area contributed by atoms with Crippen LogP contribution >= 0.6 is 11.3 Å². The zero-order valence-corrected chi connectivity index (χ0v) is 14.1. The van der Waals surface area contributed by atoms with Crippen LogP contribution in [0.25, 0.3) is 21.0 Å². The molecular weight excluding hydrogens is 358 g/mol. The van der Waals surface area contributed by atoms with Crippen molar-refractivity contribution in [1.29, 1.82) is 0 Å². The van der Waals surface area contributed by atoms with E-state index in [4.69, 9.17) is 4.42 Å². The molecule has 1 amide bonds. The van der Waals surface area contributed by atoms with Gasteiger partial charge in [-0.15, -0.1) is 11.3 Å². The number of benzene rings is 2. The van der Waals surface area contributed by atoms with Crippen molar-refractivity contribution in [3.05, 3.63) is 77.6 Å². The molecular formula is C19H12F2N2O2S. The quantitative estimate of drug-likeness (QED) is 0.563. The Bertz CT molecular complexity index is 1050. The van der Waals surface area contributed by atoms with Crippen LogP contribution in [0.15, 0.2) is 59.0 Å². The van der Waals surface area contributed by atoms with Gasteiger partial charge in [0.25, 0.3) is 5.91 Å². The summed E-state index contributed by atoms with van der Waals surface area (Å²) in [6.07, 6.45) is 0. The van der Waals surface area contributed by atoms with Gasteiger partial charge in [0.2, 0.25) is 0 Å². The summed E-state index contributed by atoms with van der Waals surface area (Å²) in [6, 6.07) is 14.0. The molecule has 2 aromatic heterocycles. The molecule has 0 unspecified atom stereocenters. The summed E-state index contributed by atoms with van der Waals surface area (Å²) in [4.78, 5) is 16.5. The number of fused-ring (bicyclic) bond motifs is 1. The molecule has 4 nitrogen and oxygen atoms in total. The second-order valence-corrected chi connectivity index (χ2v) is 6.62. The van der Waals surface area contributed by atoms with E-state index in [9.17, 15) is 13.6 Å². The van der Waals surface area contributed by atoms with Gasteiger partial charge < -0.3 is 9.73 Å². The number of halogens is 2. The molecule has 0 saturated carbocycles. The average molecular weight is 370 g/mol. The number of para-hydroxylation sites is 1. The molecule has 0 saturated heterocycles. The van der Waals surface area contributed by atoms with Crippen LogP contribution in [0.3, 0.4) is 0 Å². The van der Waals surface area contributed by atoms with Crippen LogP contribution in [0.5, 0.6) is 0 Å². The van der Waals surface area contributed by atoms with E-state index in [0.29, 0.717) is 17.6 Å². The van der Waals surface area contributed by atoms with Crippen molar-refractivity contribution >= 4 is 27.5 Å². The molecule has 0 spiro atoms. The predicted octanol–water partition coefficient (Wildman–Crippen LogP) is 4.76. The van der Waals surface area contributed by atoms with Crippen LogP contribution in [0, 0.1) is 11.6 Å². The van der Waals surface area contributed by atoms with Crippen LogP contribution in [-0.2, 0) is 6.54 Å². The van der Waals surface area contributed by atoms with Gasteiger partial charge in [-0.05, 0) is 36.4 Å². The first kappa shape index (κ1) is 16.4. The summed E-state index contributed by atoms with van der Waals surface area (Å²) >= 11 is 1.51. The molecule has 2 heterocycles. The predicted molar refractivity (Wildman–Crippen MR) is 94.9 cm³/mol. The summed E-state index contributed by atoms with van der Waals surface area (Å²) in [5, 5.41) is 3.32. The van der Waals surface area contributed by atoms with Crippen molar-refractivity contribution in [2.24, 2.45) is 0 Å². The number of nitrogens with one attached hydrogen (secondary N) is 1. The van der Waals surface area contributed by atoms with E-state index < -0.39 is 17.5 Å². The summed E-state index contributed by atoms with van der Waals surface area (Å²) in [7, 11) is 0. The third-order valence-electron chi connectivity index (χ3n) is 3.71. The lowest BCUT2D eigenvalue weighted by Gasteiger charge is -2.04. The molecule has 1 N–H and O–H groups in total. The lowest BCUT2D eigenvalue weighted by Crippen LogP contribution is -2.22. The second kappa shape index (κ2) is 6.68. The zero-order valence-electron chi connectivity index (χ0n) is 13.3. The minimum atomic E-state index is -0.800. The maximum atomic E-state index is 13.2. The van der Waals surface area contributed by atoms with Crippen molar-refractivity contribution in [3.8, 4) is 10.8 Å². The van der Waals surface area contributed by atoms with Crippen molar-refractivity contribution in [1.82, 2.24) is 10.3 Å². The fourth-order valence-corrected chi connectivity index (χ4v) is 3.45. The Hall–Kier alpha value is -3.06. The highest BCUT2D eigenvalue weighted by Crippen LogP contribution is 2.31. The molecule has 0 radical (unpaired) electrons. The molecule has 2 aromatic carbocycles. The second-order valence-electron chi connectivity index (χ2n) is 5.59. The number of hydrogen-bond acceptors (Lipinski definition) is 4. The van der Waals surface area contributed by atoms with Crippen molar-refractivity contribution in [2.45, 2.75) is 6.54 Å². The van der Waals surface area contributed by atoms with E-state index in [1.165, 1.54) is 11.3 Å². The number of hydrogen-bond donors (Lipinski definition) is 1. The Kier molecular flexibility index (Phi) is 4.22. The Morgan fingerprint density at radius 3 is 2.62 bits per heavy atom. The highest BCUT2D eigenvalue weighted by atomic mass is 32.1. The minimum absolute atomic E-state index is 0.0829. The maximum Gasteiger partial charge on any atom is 0.251 e. The number of carbonyl (C=O) groups is 1. The Balaban J connectivity index is 1.47. The molecule has 0 aliphatic rings. The van der Waals surface area contributed by atoms with Crippen molar-refractivity contribution in [3.63, 3.8) is 0 Å². The zero-order chi connectivity index (χ0) is 18.1. The van der Waals surface area contributed by atoms with E-state index in [1.807, 2.05) is 24.3 Å². The smallest absolute Gasteiger partial charge is 0.251 e. The SMILES string of the molecule is O=C(NCc1ccc(-c2nc3ccccc3s2)o1)c1cc(F)cc(F)c1. The van der Waals surface area contributed by atoms with Gasteiger partial charge in [0.15, 0.2) is 10.8 Å². The van der Waals surface area contributed by atoms with Crippen LogP contribution in [0.2, 0.25) is 0 Å². The lowest BCUT2D eigenvalue weighted by molar-refractivity contribution is 0.0947. The van der Waals surface area contributed by atoms with Gasteiger partial charge >= 0.3 is 0 Å². The number of nitrogens with zero attached hydrogens (tertiary/aromatic N) is 1. The minimum Gasteiger partial charge on any atom is -0.457 e. The van der Waals surface area contributed by atoms with Gasteiger partial charge in [0.1, 0.15) is 17.4 Å². The topological polar surface area (TPSA) is 55.1 Å². The number of aromatic nitrogens is 1. The largest absolute Gasteiger partial charge is 0.457 e. The third-order valence-corrected chi connectivity index (χ3v) is 4.77. The molecule has 26 heavy (non-hydrogen) atoms. The number of carbonyl (C=O) groups excluding carboxylic acids is 1. The normalized spacial score (nSPS) is 11.0. The lowest BCUT2D eigenvalue weighted by atomic mass is 10.2. The maximum absolute atomic E-state index is 13.2. The van der Waals surface area contributed by atoms with Crippen LogP contribution < -0.4 is 5.32 Å². The van der Waals surface area contributed by atoms with Crippen molar-refractivity contribution in [2.75, 3.05) is 0 Å². The van der Waals surface area contributed by atoms with Gasteiger partial charge in [-0.3, -0.25) is 4.79 Å². The number of rotatable bonds is 4. The third kappa shape index (κ3) is 3.34. The Morgan fingerprint density at radius 1 is 1.08 bits per heavy atom.